The standard InChI is InChI=1S/C16H23N3O/c1-12-7-8-14(6-5-9-17)10-15(12)16(20)18-11-13(2)19(3)4/h7-8,10,13H,9,11,17H2,1-4H3,(H,18,20). The minimum absolute atomic E-state index is 0.0624. The third-order valence-electron chi connectivity index (χ3n) is 3.26. The van der Waals surface area contributed by atoms with Crippen LogP contribution in [0.4, 0.5) is 0 Å². The molecular formula is C16H23N3O. The predicted molar refractivity (Wildman–Crippen MR) is 82.6 cm³/mol. The third kappa shape index (κ3) is 4.69. The molecule has 1 atom stereocenters. The number of carbonyl (C=O) groups excluding carboxylic acids is 1. The zero-order chi connectivity index (χ0) is 15.1. The van der Waals surface area contributed by atoms with Gasteiger partial charge in [-0.25, -0.2) is 0 Å². The normalized spacial score (nSPS) is 11.7. The molecule has 0 heterocycles. The number of hydrogen-bond acceptors (Lipinski definition) is 3. The maximum absolute atomic E-state index is 12.2. The Hall–Kier alpha value is -1.83. The number of nitrogens with two attached hydrogens (primary N) is 1. The number of amides is 1. The van der Waals surface area contributed by atoms with Crippen molar-refractivity contribution in [1.29, 1.82) is 0 Å². The van der Waals surface area contributed by atoms with E-state index in [9.17, 15) is 4.79 Å². The fourth-order valence-corrected chi connectivity index (χ4v) is 1.62. The Morgan fingerprint density at radius 1 is 1.45 bits per heavy atom. The number of nitrogens with one attached hydrogen (secondary N) is 1. The van der Waals surface area contributed by atoms with E-state index in [4.69, 9.17) is 5.73 Å². The molecule has 0 bridgehead atoms. The number of rotatable bonds is 4. The Labute approximate surface area is 121 Å². The molecule has 1 aromatic carbocycles. The molecule has 4 heteroatoms. The van der Waals surface area contributed by atoms with Crippen LogP contribution < -0.4 is 11.1 Å². The Morgan fingerprint density at radius 3 is 2.75 bits per heavy atom. The maximum Gasteiger partial charge on any atom is 0.251 e. The highest BCUT2D eigenvalue weighted by Gasteiger charge is 2.11. The van der Waals surface area contributed by atoms with Crippen LogP contribution in [0.5, 0.6) is 0 Å². The van der Waals surface area contributed by atoms with E-state index >= 15 is 0 Å². The van der Waals surface area contributed by atoms with Crippen molar-refractivity contribution in [3.8, 4) is 11.8 Å². The number of hydrogen-bond donors (Lipinski definition) is 2. The predicted octanol–water partition coefficient (Wildman–Crippen LogP) is 0.985. The molecule has 4 nitrogen and oxygen atoms in total. The van der Waals surface area contributed by atoms with Gasteiger partial charge in [0, 0.05) is 23.7 Å². The van der Waals surface area contributed by atoms with Crippen LogP contribution in [-0.2, 0) is 0 Å². The second-order valence-corrected chi connectivity index (χ2v) is 5.06. The quantitative estimate of drug-likeness (QED) is 0.804. The number of likely N-dealkylation sites (N-methyl/N-ethyl adjacent to an activating group) is 1. The van der Waals surface area contributed by atoms with E-state index in [1.54, 1.807) is 0 Å². The molecule has 0 radical (unpaired) electrons. The summed E-state index contributed by atoms with van der Waals surface area (Å²) < 4.78 is 0. The van der Waals surface area contributed by atoms with Crippen molar-refractivity contribution >= 4 is 5.91 Å². The molecule has 0 aliphatic carbocycles. The first kappa shape index (κ1) is 16.2. The van der Waals surface area contributed by atoms with Crippen molar-refractivity contribution in [2.75, 3.05) is 27.2 Å². The van der Waals surface area contributed by atoms with Crippen LogP contribution in [0.15, 0.2) is 18.2 Å². The van der Waals surface area contributed by atoms with Gasteiger partial charge in [0.25, 0.3) is 5.91 Å². The number of nitrogens with zero attached hydrogens (tertiary/aromatic N) is 1. The summed E-state index contributed by atoms with van der Waals surface area (Å²) in [6.45, 7) is 4.92. The van der Waals surface area contributed by atoms with Crippen molar-refractivity contribution in [3.05, 3.63) is 34.9 Å². The Kier molecular flexibility index (Phi) is 6.23. The van der Waals surface area contributed by atoms with Gasteiger partial charge in [-0.05, 0) is 45.6 Å². The summed E-state index contributed by atoms with van der Waals surface area (Å²) in [4.78, 5) is 14.3. The first-order valence-electron chi connectivity index (χ1n) is 6.70. The van der Waals surface area contributed by atoms with Crippen LogP contribution in [-0.4, -0.2) is 44.0 Å². The summed E-state index contributed by atoms with van der Waals surface area (Å²) in [6.07, 6.45) is 0. The van der Waals surface area contributed by atoms with E-state index < -0.39 is 0 Å². The summed E-state index contributed by atoms with van der Waals surface area (Å²) in [5.74, 6) is 5.68. The lowest BCUT2D eigenvalue weighted by Crippen LogP contribution is -2.38. The Balaban J connectivity index is 2.81. The largest absolute Gasteiger partial charge is 0.350 e. The van der Waals surface area contributed by atoms with E-state index in [0.29, 0.717) is 24.7 Å². The molecule has 1 amide bonds. The van der Waals surface area contributed by atoms with Crippen LogP contribution in [0.3, 0.4) is 0 Å². The Morgan fingerprint density at radius 2 is 2.15 bits per heavy atom. The second kappa shape index (κ2) is 7.68. The van der Waals surface area contributed by atoms with Gasteiger partial charge >= 0.3 is 0 Å². The molecule has 0 saturated heterocycles. The van der Waals surface area contributed by atoms with Gasteiger partial charge in [-0.2, -0.15) is 0 Å². The molecule has 20 heavy (non-hydrogen) atoms. The fourth-order valence-electron chi connectivity index (χ4n) is 1.62. The van der Waals surface area contributed by atoms with E-state index in [1.165, 1.54) is 0 Å². The van der Waals surface area contributed by atoms with Crippen LogP contribution in [0.25, 0.3) is 0 Å². The van der Waals surface area contributed by atoms with Crippen LogP contribution in [0.2, 0.25) is 0 Å². The third-order valence-corrected chi connectivity index (χ3v) is 3.26. The van der Waals surface area contributed by atoms with E-state index in [2.05, 4.69) is 29.0 Å². The summed E-state index contributed by atoms with van der Waals surface area (Å²) in [5, 5.41) is 2.95. The van der Waals surface area contributed by atoms with Gasteiger partial charge in [0.1, 0.15) is 0 Å². The molecule has 0 aliphatic heterocycles. The average Bonchev–Trinajstić information content (AvgIpc) is 2.43. The topological polar surface area (TPSA) is 58.4 Å². The van der Waals surface area contributed by atoms with Gasteiger partial charge in [-0.15, -0.1) is 0 Å². The molecule has 0 spiro atoms. The lowest BCUT2D eigenvalue weighted by Gasteiger charge is -2.20. The molecule has 1 aromatic rings. The van der Waals surface area contributed by atoms with Crippen LogP contribution in [0.1, 0.15) is 28.4 Å². The van der Waals surface area contributed by atoms with Gasteiger partial charge in [0.05, 0.1) is 6.54 Å². The zero-order valence-electron chi connectivity index (χ0n) is 12.7. The van der Waals surface area contributed by atoms with Gasteiger partial charge < -0.3 is 16.0 Å². The summed E-state index contributed by atoms with van der Waals surface area (Å²) in [7, 11) is 3.98. The lowest BCUT2D eigenvalue weighted by atomic mass is 10.0. The van der Waals surface area contributed by atoms with Gasteiger partial charge in [0.2, 0.25) is 0 Å². The highest BCUT2D eigenvalue weighted by atomic mass is 16.1. The molecular weight excluding hydrogens is 250 g/mol. The maximum atomic E-state index is 12.2. The minimum Gasteiger partial charge on any atom is -0.350 e. The Bertz CT molecular complexity index is 526. The first-order valence-corrected chi connectivity index (χ1v) is 6.70. The zero-order valence-corrected chi connectivity index (χ0v) is 12.7. The van der Waals surface area contributed by atoms with Crippen LogP contribution in [0, 0.1) is 18.8 Å². The number of benzene rings is 1. The highest BCUT2D eigenvalue weighted by molar-refractivity contribution is 5.96. The SMILES string of the molecule is Cc1ccc(C#CCN)cc1C(=O)NCC(C)N(C)C. The molecule has 0 fully saturated rings. The minimum atomic E-state index is -0.0624. The van der Waals surface area contributed by atoms with Crippen LogP contribution >= 0.6 is 0 Å². The van der Waals surface area contributed by atoms with Gasteiger partial charge in [0.15, 0.2) is 0 Å². The molecule has 0 aromatic heterocycles. The van der Waals surface area contributed by atoms with Crippen molar-refractivity contribution in [1.82, 2.24) is 10.2 Å². The smallest absolute Gasteiger partial charge is 0.251 e. The number of carbonyl (C=O) groups is 1. The summed E-state index contributed by atoms with van der Waals surface area (Å²) >= 11 is 0. The van der Waals surface area contributed by atoms with Gasteiger partial charge in [-0.3, -0.25) is 4.79 Å². The molecule has 0 saturated carbocycles. The second-order valence-electron chi connectivity index (χ2n) is 5.06. The molecule has 108 valence electrons. The van der Waals surface area contributed by atoms with E-state index in [0.717, 1.165) is 11.1 Å². The molecule has 3 N–H and O–H groups in total. The van der Waals surface area contributed by atoms with Crippen molar-refractivity contribution in [2.45, 2.75) is 19.9 Å². The molecule has 1 unspecified atom stereocenters. The molecule has 0 aliphatic rings. The molecule has 1 rings (SSSR count). The van der Waals surface area contributed by atoms with Gasteiger partial charge in [-0.1, -0.05) is 17.9 Å². The van der Waals surface area contributed by atoms with Crippen molar-refractivity contribution in [2.24, 2.45) is 5.73 Å². The van der Waals surface area contributed by atoms with E-state index in [-0.39, 0.29) is 5.91 Å². The summed E-state index contributed by atoms with van der Waals surface area (Å²) in [6, 6.07) is 5.91. The monoisotopic (exact) mass is 273 g/mol. The average molecular weight is 273 g/mol. The summed E-state index contributed by atoms with van der Waals surface area (Å²) in [5.41, 5.74) is 7.78. The fraction of sp³-hybridized carbons (Fsp3) is 0.438. The van der Waals surface area contributed by atoms with Crippen molar-refractivity contribution in [3.63, 3.8) is 0 Å². The lowest BCUT2D eigenvalue weighted by molar-refractivity contribution is 0.0943. The first-order chi connectivity index (χ1) is 9.45. The van der Waals surface area contributed by atoms with Crippen molar-refractivity contribution < 1.29 is 4.79 Å². The van der Waals surface area contributed by atoms with E-state index in [1.807, 2.05) is 39.2 Å². The highest BCUT2D eigenvalue weighted by Crippen LogP contribution is 2.10. The number of aryl methyl sites for hydroxylation is 1.